The van der Waals surface area contributed by atoms with E-state index in [9.17, 15) is 28.3 Å². The number of aromatic hydroxyl groups is 1. The van der Waals surface area contributed by atoms with E-state index in [4.69, 9.17) is 10.8 Å². The number of halogens is 2. The van der Waals surface area contributed by atoms with Gasteiger partial charge in [0.15, 0.2) is 11.4 Å². The summed E-state index contributed by atoms with van der Waals surface area (Å²) in [6, 6.07) is 3.03. The van der Waals surface area contributed by atoms with Crippen molar-refractivity contribution in [3.8, 4) is 5.75 Å². The molecule has 2 aliphatic heterocycles. The molecule has 13 heteroatoms. The Bertz CT molecular complexity index is 1470. The van der Waals surface area contributed by atoms with Gasteiger partial charge in [-0.2, -0.15) is 0 Å². The number of benzene rings is 1. The molecule has 2 aromatic rings. The molecule has 3 aliphatic rings. The predicted molar refractivity (Wildman–Crippen MR) is 142 cm³/mol. The van der Waals surface area contributed by atoms with E-state index >= 15 is 0 Å². The van der Waals surface area contributed by atoms with Gasteiger partial charge < -0.3 is 14.9 Å². The number of amides is 2. The highest BCUT2D eigenvalue weighted by Crippen LogP contribution is 2.43. The van der Waals surface area contributed by atoms with Crippen LogP contribution in [0.1, 0.15) is 54.2 Å². The van der Waals surface area contributed by atoms with Crippen LogP contribution in [0.15, 0.2) is 29.2 Å². The number of piperidine rings is 1. The Hall–Kier alpha value is -3.74. The van der Waals surface area contributed by atoms with E-state index in [-0.39, 0.29) is 45.3 Å². The number of hydrogen-bond donors (Lipinski definition) is 3. The van der Waals surface area contributed by atoms with Crippen molar-refractivity contribution in [3.05, 3.63) is 63.1 Å². The molecule has 3 N–H and O–H groups in total. The second-order valence-corrected chi connectivity index (χ2v) is 11.2. The fourth-order valence-corrected chi connectivity index (χ4v) is 6.18. The third kappa shape index (κ3) is 4.58. The second kappa shape index (κ2) is 9.78. The number of rotatable bonds is 4. The SMILES string of the molecule is CC(=O)N1CCC2(CC1)N(C)C(=O)c1c(O)c(=O)c(C(=N)SC(=N)Cc3ccc(F)cc3F)cn1N2C1CC1. The zero-order valence-corrected chi connectivity index (χ0v) is 22.3. The molecule has 1 aliphatic carbocycles. The molecule has 5 rings (SSSR count). The maximum absolute atomic E-state index is 14.1. The number of nitrogens with one attached hydrogen (secondary N) is 2. The summed E-state index contributed by atoms with van der Waals surface area (Å²) in [6.07, 6.45) is 3.75. The summed E-state index contributed by atoms with van der Waals surface area (Å²) in [5.41, 5.74) is -2.04. The first kappa shape index (κ1) is 26.9. The van der Waals surface area contributed by atoms with Crippen molar-refractivity contribution < 1.29 is 23.5 Å². The number of carbonyl (C=O) groups is 2. The molecule has 0 atom stereocenters. The summed E-state index contributed by atoms with van der Waals surface area (Å²) in [5.74, 6) is -2.94. The fourth-order valence-electron chi connectivity index (χ4n) is 5.45. The number of nitrogens with zero attached hydrogens (tertiary/aromatic N) is 4. The highest BCUT2D eigenvalue weighted by atomic mass is 32.2. The van der Waals surface area contributed by atoms with Crippen molar-refractivity contribution in [2.45, 2.75) is 50.7 Å². The molecule has 1 aromatic heterocycles. The minimum atomic E-state index is -0.917. The molecule has 1 saturated carbocycles. The van der Waals surface area contributed by atoms with Gasteiger partial charge in [-0.15, -0.1) is 0 Å². The molecule has 1 spiro atoms. The summed E-state index contributed by atoms with van der Waals surface area (Å²) in [4.78, 5) is 41.9. The van der Waals surface area contributed by atoms with Crippen LogP contribution < -0.4 is 10.4 Å². The highest BCUT2D eigenvalue weighted by molar-refractivity contribution is 8.26. The van der Waals surface area contributed by atoms with Crippen molar-refractivity contribution >= 4 is 33.7 Å². The summed E-state index contributed by atoms with van der Waals surface area (Å²) < 4.78 is 28.8. The van der Waals surface area contributed by atoms with Gasteiger partial charge in [0, 0.05) is 64.6 Å². The van der Waals surface area contributed by atoms with Crippen molar-refractivity contribution in [1.82, 2.24) is 14.5 Å². The maximum atomic E-state index is 14.1. The van der Waals surface area contributed by atoms with Crippen LogP contribution in [0.5, 0.6) is 5.75 Å². The first-order valence-electron chi connectivity index (χ1n) is 12.5. The Kier molecular flexibility index (Phi) is 6.73. The lowest BCUT2D eigenvalue weighted by Crippen LogP contribution is -2.73. The lowest BCUT2D eigenvalue weighted by atomic mass is 9.92. The number of hydrogen-bond acceptors (Lipinski definition) is 8. The van der Waals surface area contributed by atoms with Gasteiger partial charge in [-0.1, -0.05) is 17.8 Å². The van der Waals surface area contributed by atoms with Gasteiger partial charge in [0.1, 0.15) is 22.3 Å². The topological polar surface area (TPSA) is 134 Å². The lowest BCUT2D eigenvalue weighted by molar-refractivity contribution is -0.131. The van der Waals surface area contributed by atoms with Gasteiger partial charge in [-0.3, -0.25) is 34.9 Å². The molecule has 3 heterocycles. The molecular formula is C26H28F2N6O4S. The number of aromatic nitrogens is 1. The minimum Gasteiger partial charge on any atom is -0.502 e. The first-order valence-corrected chi connectivity index (χ1v) is 13.4. The summed E-state index contributed by atoms with van der Waals surface area (Å²) in [6.45, 7) is 2.38. The molecule has 1 saturated heterocycles. The van der Waals surface area contributed by atoms with Crippen LogP contribution in [0.3, 0.4) is 0 Å². The van der Waals surface area contributed by atoms with Crippen molar-refractivity contribution in [2.24, 2.45) is 0 Å². The highest BCUT2D eigenvalue weighted by Gasteiger charge is 2.55. The Morgan fingerprint density at radius 2 is 1.85 bits per heavy atom. The fraction of sp³-hybridized carbons (Fsp3) is 0.423. The molecule has 0 bridgehead atoms. The molecule has 2 fully saturated rings. The number of carbonyl (C=O) groups excluding carboxylic acids is 2. The molecule has 39 heavy (non-hydrogen) atoms. The third-order valence-corrected chi connectivity index (χ3v) is 8.51. The number of thioether (sulfide) groups is 1. The number of likely N-dealkylation sites (tertiary alicyclic amines) is 1. The molecule has 206 valence electrons. The number of pyridine rings is 1. The Morgan fingerprint density at radius 3 is 2.44 bits per heavy atom. The van der Waals surface area contributed by atoms with E-state index in [2.05, 4.69) is 0 Å². The van der Waals surface area contributed by atoms with Gasteiger partial charge in [0.2, 0.25) is 11.3 Å². The van der Waals surface area contributed by atoms with Crippen LogP contribution in [0.25, 0.3) is 0 Å². The molecule has 0 radical (unpaired) electrons. The van der Waals surface area contributed by atoms with Gasteiger partial charge in [0.05, 0.1) is 10.6 Å². The standard InChI is InChI=1S/C26H28F2N6O4S/c1-14(35)32-9-7-26(8-10-32)31(2)25(38)21-23(37)22(36)18(13-33(21)34(26)17-5-6-17)24(30)39-20(29)11-15-3-4-16(27)12-19(15)28/h3-4,12-13,17,29-30,37H,5-11H2,1-2H3. The van der Waals surface area contributed by atoms with Crippen LogP contribution in [-0.4, -0.2) is 73.3 Å². The number of fused-ring (bicyclic) bond motifs is 1. The van der Waals surface area contributed by atoms with Crippen LogP contribution in [0.4, 0.5) is 8.78 Å². The van der Waals surface area contributed by atoms with E-state index in [1.54, 1.807) is 16.8 Å². The summed E-state index contributed by atoms with van der Waals surface area (Å²) in [5, 5.41) is 29.2. The normalized spacial score (nSPS) is 18.4. The molecule has 0 unspecified atom stereocenters. The monoisotopic (exact) mass is 558 g/mol. The van der Waals surface area contributed by atoms with E-state index in [0.29, 0.717) is 43.8 Å². The maximum Gasteiger partial charge on any atom is 0.278 e. The zero-order valence-electron chi connectivity index (χ0n) is 21.5. The van der Waals surface area contributed by atoms with Crippen molar-refractivity contribution in [2.75, 3.05) is 25.1 Å². The molecule has 1 aromatic carbocycles. The smallest absolute Gasteiger partial charge is 0.278 e. The van der Waals surface area contributed by atoms with E-state index in [0.717, 1.165) is 18.9 Å². The first-order chi connectivity index (χ1) is 18.4. The Labute approximate surface area is 227 Å². The van der Waals surface area contributed by atoms with Gasteiger partial charge in [-0.05, 0) is 24.5 Å². The van der Waals surface area contributed by atoms with Crippen LogP contribution in [0, 0.1) is 22.5 Å². The van der Waals surface area contributed by atoms with Gasteiger partial charge in [0.25, 0.3) is 5.91 Å². The minimum absolute atomic E-state index is 0.0273. The lowest BCUT2D eigenvalue weighted by Gasteiger charge is -2.57. The second-order valence-electron chi connectivity index (χ2n) is 10.1. The van der Waals surface area contributed by atoms with E-state index in [1.807, 2.05) is 5.01 Å². The average molecular weight is 559 g/mol. The molecule has 2 amide bonds. The molecule has 10 nitrogen and oxygen atoms in total. The quantitative estimate of drug-likeness (QED) is 0.390. The van der Waals surface area contributed by atoms with Gasteiger partial charge in [-0.25, -0.2) is 8.78 Å². The van der Waals surface area contributed by atoms with E-state index in [1.165, 1.54) is 23.9 Å². The average Bonchev–Trinajstić information content (AvgIpc) is 3.71. The zero-order chi connectivity index (χ0) is 28.2. The van der Waals surface area contributed by atoms with Crippen LogP contribution >= 0.6 is 11.8 Å². The van der Waals surface area contributed by atoms with Crippen LogP contribution in [0.2, 0.25) is 0 Å². The molecular weight excluding hydrogens is 530 g/mol. The van der Waals surface area contributed by atoms with Crippen molar-refractivity contribution in [3.63, 3.8) is 0 Å². The summed E-state index contributed by atoms with van der Waals surface area (Å²) in [7, 11) is 1.64. The largest absolute Gasteiger partial charge is 0.502 e. The Balaban J connectivity index is 1.49. The summed E-state index contributed by atoms with van der Waals surface area (Å²) >= 11 is 0.615. The predicted octanol–water partition coefficient (Wildman–Crippen LogP) is 2.64. The Morgan fingerprint density at radius 1 is 1.18 bits per heavy atom. The van der Waals surface area contributed by atoms with Crippen LogP contribution in [-0.2, 0) is 11.2 Å². The van der Waals surface area contributed by atoms with E-state index < -0.39 is 34.4 Å². The third-order valence-electron chi connectivity index (χ3n) is 7.69. The van der Waals surface area contributed by atoms with Crippen molar-refractivity contribution in [1.29, 1.82) is 10.8 Å². The van der Waals surface area contributed by atoms with Gasteiger partial charge >= 0.3 is 0 Å².